The SMILES string of the molecule is Cc1nn(-c2ccc(F)cc2)c(C)c1CNCC(O)CN(C)C. The molecule has 23 heavy (non-hydrogen) atoms. The highest BCUT2D eigenvalue weighted by atomic mass is 19.1. The summed E-state index contributed by atoms with van der Waals surface area (Å²) in [5, 5.41) is 17.7. The second-order valence-corrected chi connectivity index (χ2v) is 6.08. The fraction of sp³-hybridized carbons (Fsp3) is 0.471. The monoisotopic (exact) mass is 320 g/mol. The molecule has 6 heteroatoms. The Balaban J connectivity index is 2.05. The Morgan fingerprint density at radius 3 is 2.52 bits per heavy atom. The van der Waals surface area contributed by atoms with Crippen LogP contribution in [0.2, 0.25) is 0 Å². The summed E-state index contributed by atoms with van der Waals surface area (Å²) in [6.45, 7) is 5.75. The molecule has 2 aromatic rings. The van der Waals surface area contributed by atoms with Gasteiger partial charge in [0.1, 0.15) is 5.82 Å². The molecule has 0 amide bonds. The predicted molar refractivity (Wildman–Crippen MR) is 89.3 cm³/mol. The number of aliphatic hydroxyl groups excluding tert-OH is 1. The third-order valence-corrected chi connectivity index (χ3v) is 3.77. The lowest BCUT2D eigenvalue weighted by Gasteiger charge is -2.16. The van der Waals surface area contributed by atoms with Crippen LogP contribution in [-0.2, 0) is 6.54 Å². The molecule has 2 N–H and O–H groups in total. The standard InChI is InChI=1S/C17H25FN4O/c1-12-17(10-19-9-16(23)11-21(3)4)13(2)22(20-12)15-7-5-14(18)6-8-15/h5-8,16,19,23H,9-11H2,1-4H3. The predicted octanol–water partition coefficient (Wildman–Crippen LogP) is 1.64. The van der Waals surface area contributed by atoms with Gasteiger partial charge in [-0.2, -0.15) is 5.10 Å². The fourth-order valence-electron chi connectivity index (χ4n) is 2.61. The summed E-state index contributed by atoms with van der Waals surface area (Å²) in [7, 11) is 3.87. The van der Waals surface area contributed by atoms with E-state index >= 15 is 0 Å². The van der Waals surface area contributed by atoms with Crippen molar-refractivity contribution in [3.63, 3.8) is 0 Å². The number of aliphatic hydroxyl groups is 1. The van der Waals surface area contributed by atoms with E-state index in [-0.39, 0.29) is 5.82 Å². The first-order valence-electron chi connectivity index (χ1n) is 7.73. The molecule has 1 aromatic carbocycles. The van der Waals surface area contributed by atoms with E-state index in [2.05, 4.69) is 10.4 Å². The third-order valence-electron chi connectivity index (χ3n) is 3.77. The van der Waals surface area contributed by atoms with Crippen LogP contribution in [0.4, 0.5) is 4.39 Å². The molecule has 0 spiro atoms. The molecule has 1 unspecified atom stereocenters. The van der Waals surface area contributed by atoms with Crippen molar-refractivity contribution in [2.75, 3.05) is 27.2 Å². The summed E-state index contributed by atoms with van der Waals surface area (Å²) in [5.74, 6) is -0.257. The average molecular weight is 320 g/mol. The van der Waals surface area contributed by atoms with Gasteiger partial charge in [-0.05, 0) is 52.2 Å². The molecule has 0 saturated carbocycles. The Hall–Kier alpha value is -1.76. The van der Waals surface area contributed by atoms with Gasteiger partial charge in [0.25, 0.3) is 0 Å². The lowest BCUT2D eigenvalue weighted by molar-refractivity contribution is 0.134. The van der Waals surface area contributed by atoms with Gasteiger partial charge in [0, 0.05) is 30.9 Å². The minimum absolute atomic E-state index is 0.257. The van der Waals surface area contributed by atoms with Crippen molar-refractivity contribution in [3.8, 4) is 5.69 Å². The number of hydrogen-bond donors (Lipinski definition) is 2. The number of halogens is 1. The summed E-state index contributed by atoms with van der Waals surface area (Å²) in [5.41, 5.74) is 3.89. The van der Waals surface area contributed by atoms with Crippen molar-refractivity contribution in [1.82, 2.24) is 20.0 Å². The van der Waals surface area contributed by atoms with Gasteiger partial charge in [0.15, 0.2) is 0 Å². The van der Waals surface area contributed by atoms with E-state index in [4.69, 9.17) is 0 Å². The number of benzene rings is 1. The van der Waals surface area contributed by atoms with E-state index in [1.54, 1.807) is 12.1 Å². The lowest BCUT2D eigenvalue weighted by atomic mass is 10.2. The van der Waals surface area contributed by atoms with Crippen LogP contribution >= 0.6 is 0 Å². The second kappa shape index (κ2) is 7.68. The van der Waals surface area contributed by atoms with Gasteiger partial charge in [0.2, 0.25) is 0 Å². The topological polar surface area (TPSA) is 53.3 Å². The highest BCUT2D eigenvalue weighted by molar-refractivity contribution is 5.37. The van der Waals surface area contributed by atoms with E-state index < -0.39 is 6.10 Å². The van der Waals surface area contributed by atoms with Crippen molar-refractivity contribution < 1.29 is 9.50 Å². The molecule has 0 radical (unpaired) electrons. The first kappa shape index (κ1) is 17.6. The number of aryl methyl sites for hydroxylation is 1. The minimum Gasteiger partial charge on any atom is -0.390 e. The maximum Gasteiger partial charge on any atom is 0.123 e. The molecule has 0 aliphatic heterocycles. The lowest BCUT2D eigenvalue weighted by Crippen LogP contribution is -2.34. The quantitative estimate of drug-likeness (QED) is 0.814. The number of nitrogens with zero attached hydrogens (tertiary/aromatic N) is 3. The zero-order valence-corrected chi connectivity index (χ0v) is 14.2. The number of aromatic nitrogens is 2. The van der Waals surface area contributed by atoms with Gasteiger partial charge in [-0.15, -0.1) is 0 Å². The summed E-state index contributed by atoms with van der Waals surface area (Å²) in [6.07, 6.45) is -0.405. The van der Waals surface area contributed by atoms with Crippen LogP contribution < -0.4 is 5.32 Å². The molecular formula is C17H25FN4O. The van der Waals surface area contributed by atoms with E-state index in [0.717, 1.165) is 22.6 Å². The maximum absolute atomic E-state index is 13.1. The van der Waals surface area contributed by atoms with Crippen LogP contribution in [-0.4, -0.2) is 53.1 Å². The molecule has 2 rings (SSSR count). The highest BCUT2D eigenvalue weighted by Gasteiger charge is 2.13. The number of hydrogen-bond acceptors (Lipinski definition) is 4. The molecule has 126 valence electrons. The molecule has 1 heterocycles. The number of rotatable bonds is 7. The summed E-state index contributed by atoms with van der Waals surface area (Å²) < 4.78 is 14.9. The van der Waals surface area contributed by atoms with Crippen LogP contribution in [0.5, 0.6) is 0 Å². The zero-order chi connectivity index (χ0) is 17.0. The first-order chi connectivity index (χ1) is 10.9. The van der Waals surface area contributed by atoms with Crippen LogP contribution in [0.3, 0.4) is 0 Å². The summed E-state index contributed by atoms with van der Waals surface area (Å²) in [4.78, 5) is 1.95. The molecule has 1 aromatic heterocycles. The summed E-state index contributed by atoms with van der Waals surface area (Å²) in [6, 6.07) is 6.29. The Kier molecular flexibility index (Phi) is 5.87. The van der Waals surface area contributed by atoms with Gasteiger partial charge in [0.05, 0.1) is 17.5 Å². The number of nitrogens with one attached hydrogen (secondary N) is 1. The molecule has 0 aliphatic rings. The number of likely N-dealkylation sites (N-methyl/N-ethyl adjacent to an activating group) is 1. The Labute approximate surface area is 136 Å². The van der Waals surface area contributed by atoms with Crippen LogP contribution in [0.15, 0.2) is 24.3 Å². The average Bonchev–Trinajstić information content (AvgIpc) is 2.75. The van der Waals surface area contributed by atoms with E-state index in [9.17, 15) is 9.50 Å². The van der Waals surface area contributed by atoms with Gasteiger partial charge in [-0.25, -0.2) is 9.07 Å². The zero-order valence-electron chi connectivity index (χ0n) is 14.2. The van der Waals surface area contributed by atoms with E-state index in [0.29, 0.717) is 19.6 Å². The Morgan fingerprint density at radius 1 is 1.26 bits per heavy atom. The largest absolute Gasteiger partial charge is 0.390 e. The first-order valence-corrected chi connectivity index (χ1v) is 7.73. The Morgan fingerprint density at radius 2 is 1.91 bits per heavy atom. The second-order valence-electron chi connectivity index (χ2n) is 6.08. The van der Waals surface area contributed by atoms with E-state index in [1.807, 2.05) is 37.5 Å². The maximum atomic E-state index is 13.1. The molecule has 0 saturated heterocycles. The van der Waals surface area contributed by atoms with Gasteiger partial charge in [-0.3, -0.25) is 0 Å². The summed E-state index contributed by atoms with van der Waals surface area (Å²) >= 11 is 0. The van der Waals surface area contributed by atoms with Crippen molar-refractivity contribution in [1.29, 1.82) is 0 Å². The van der Waals surface area contributed by atoms with Crippen molar-refractivity contribution in [2.45, 2.75) is 26.5 Å². The van der Waals surface area contributed by atoms with Gasteiger partial charge >= 0.3 is 0 Å². The minimum atomic E-state index is -0.405. The van der Waals surface area contributed by atoms with Gasteiger partial charge in [-0.1, -0.05) is 0 Å². The van der Waals surface area contributed by atoms with Crippen LogP contribution in [0, 0.1) is 19.7 Å². The van der Waals surface area contributed by atoms with Crippen LogP contribution in [0.1, 0.15) is 17.0 Å². The smallest absolute Gasteiger partial charge is 0.123 e. The van der Waals surface area contributed by atoms with Crippen molar-refractivity contribution in [2.24, 2.45) is 0 Å². The van der Waals surface area contributed by atoms with Crippen molar-refractivity contribution >= 4 is 0 Å². The highest BCUT2D eigenvalue weighted by Crippen LogP contribution is 2.18. The molecule has 1 atom stereocenters. The van der Waals surface area contributed by atoms with E-state index in [1.165, 1.54) is 12.1 Å². The molecule has 5 nitrogen and oxygen atoms in total. The molecular weight excluding hydrogens is 295 g/mol. The normalized spacial score (nSPS) is 12.8. The molecule has 0 bridgehead atoms. The van der Waals surface area contributed by atoms with Crippen LogP contribution in [0.25, 0.3) is 5.69 Å². The van der Waals surface area contributed by atoms with Crippen molar-refractivity contribution in [3.05, 3.63) is 47.0 Å². The Bertz CT molecular complexity index is 637. The third kappa shape index (κ3) is 4.60. The molecule has 0 fully saturated rings. The van der Waals surface area contributed by atoms with Gasteiger partial charge < -0.3 is 15.3 Å². The molecule has 0 aliphatic carbocycles. The fourth-order valence-corrected chi connectivity index (χ4v) is 2.61.